The van der Waals surface area contributed by atoms with Crippen LogP contribution >= 0.6 is 0 Å². The van der Waals surface area contributed by atoms with Crippen LogP contribution in [-0.4, -0.2) is 30.8 Å². The van der Waals surface area contributed by atoms with Crippen LogP contribution in [0, 0.1) is 6.92 Å². The molecule has 1 amide bonds. The third-order valence-corrected chi connectivity index (χ3v) is 5.54. The number of hydrogen-bond acceptors (Lipinski definition) is 3. The van der Waals surface area contributed by atoms with Gasteiger partial charge in [0.25, 0.3) is 0 Å². The smallest absolute Gasteiger partial charge is 0.410 e. The summed E-state index contributed by atoms with van der Waals surface area (Å²) in [4.78, 5) is 14.2. The van der Waals surface area contributed by atoms with Gasteiger partial charge in [0.05, 0.1) is 19.7 Å². The van der Waals surface area contributed by atoms with Crippen molar-refractivity contribution in [2.24, 2.45) is 0 Å². The van der Waals surface area contributed by atoms with Gasteiger partial charge in [-0.25, -0.2) is 4.79 Å². The monoisotopic (exact) mass is 367 g/mol. The molecule has 2 aromatic rings. The van der Waals surface area contributed by atoms with E-state index in [4.69, 9.17) is 9.47 Å². The van der Waals surface area contributed by atoms with E-state index in [9.17, 15) is 4.79 Å². The molecule has 1 heterocycles. The van der Waals surface area contributed by atoms with Crippen LogP contribution in [-0.2, 0) is 4.74 Å². The van der Waals surface area contributed by atoms with Gasteiger partial charge >= 0.3 is 6.09 Å². The molecule has 0 bridgehead atoms. The minimum Gasteiger partial charge on any atom is -0.497 e. The molecule has 0 saturated carbocycles. The summed E-state index contributed by atoms with van der Waals surface area (Å²) in [5.41, 5.74) is 3.65. The molecule has 2 aromatic carbocycles. The fourth-order valence-corrected chi connectivity index (χ4v) is 3.57. The van der Waals surface area contributed by atoms with Crippen molar-refractivity contribution >= 4 is 6.09 Å². The van der Waals surface area contributed by atoms with Gasteiger partial charge in [-0.15, -0.1) is 0 Å². The van der Waals surface area contributed by atoms with Crippen LogP contribution in [0.15, 0.2) is 48.5 Å². The molecule has 0 spiro atoms. The van der Waals surface area contributed by atoms with Gasteiger partial charge in [0.15, 0.2) is 0 Å². The van der Waals surface area contributed by atoms with Gasteiger partial charge in [-0.2, -0.15) is 0 Å². The first-order valence-electron chi connectivity index (χ1n) is 9.65. The number of carbonyl (C=O) groups excluding carboxylic acids is 1. The number of carbonyl (C=O) groups is 1. The molecule has 144 valence electrons. The Kier molecular flexibility index (Phi) is 6.04. The number of nitrogens with zero attached hydrogens (tertiary/aromatic N) is 1. The van der Waals surface area contributed by atoms with E-state index < -0.39 is 0 Å². The Labute approximate surface area is 162 Å². The third kappa shape index (κ3) is 4.62. The molecule has 1 saturated heterocycles. The van der Waals surface area contributed by atoms with E-state index >= 15 is 0 Å². The summed E-state index contributed by atoms with van der Waals surface area (Å²) in [7, 11) is 1.68. The van der Waals surface area contributed by atoms with Gasteiger partial charge in [-0.1, -0.05) is 48.9 Å². The Morgan fingerprint density at radius 2 is 1.70 bits per heavy atom. The van der Waals surface area contributed by atoms with E-state index in [2.05, 4.69) is 57.2 Å². The SMILES string of the molecule is COc1ccc([C@H](C)CC[C@@H]2CN([C@@H](C)c3ccc(C)cc3)C(=O)O2)cc1. The maximum atomic E-state index is 12.3. The number of ether oxygens (including phenoxy) is 2. The van der Waals surface area contributed by atoms with Gasteiger partial charge in [-0.3, -0.25) is 4.90 Å². The lowest BCUT2D eigenvalue weighted by Crippen LogP contribution is -2.28. The first-order chi connectivity index (χ1) is 13.0. The molecule has 27 heavy (non-hydrogen) atoms. The summed E-state index contributed by atoms with van der Waals surface area (Å²) in [6.45, 7) is 7.00. The fraction of sp³-hybridized carbons (Fsp3) is 0.435. The van der Waals surface area contributed by atoms with Crippen LogP contribution in [0.3, 0.4) is 0 Å². The van der Waals surface area contributed by atoms with E-state index in [1.165, 1.54) is 11.1 Å². The van der Waals surface area contributed by atoms with Gasteiger partial charge < -0.3 is 9.47 Å². The van der Waals surface area contributed by atoms with Crippen LogP contribution < -0.4 is 4.74 Å². The van der Waals surface area contributed by atoms with Gasteiger partial charge in [0.1, 0.15) is 11.9 Å². The zero-order valence-corrected chi connectivity index (χ0v) is 16.6. The molecule has 3 atom stereocenters. The normalized spacial score (nSPS) is 18.9. The zero-order valence-electron chi connectivity index (χ0n) is 16.6. The molecular weight excluding hydrogens is 338 g/mol. The predicted molar refractivity (Wildman–Crippen MR) is 107 cm³/mol. The first-order valence-corrected chi connectivity index (χ1v) is 9.65. The summed E-state index contributed by atoms with van der Waals surface area (Å²) in [5.74, 6) is 1.29. The highest BCUT2D eigenvalue weighted by molar-refractivity contribution is 5.70. The van der Waals surface area contributed by atoms with Crippen LogP contribution in [0.4, 0.5) is 4.79 Å². The lowest BCUT2D eigenvalue weighted by atomic mass is 9.94. The van der Waals surface area contributed by atoms with Crippen LogP contribution in [0.25, 0.3) is 0 Å². The van der Waals surface area contributed by atoms with Crippen molar-refractivity contribution in [1.82, 2.24) is 4.90 Å². The molecule has 1 aliphatic heterocycles. The summed E-state index contributed by atoms with van der Waals surface area (Å²) >= 11 is 0. The second kappa shape index (κ2) is 8.47. The van der Waals surface area contributed by atoms with Crippen molar-refractivity contribution in [2.45, 2.75) is 51.7 Å². The Bertz CT molecular complexity index is 754. The van der Waals surface area contributed by atoms with Crippen molar-refractivity contribution in [3.05, 3.63) is 65.2 Å². The Morgan fingerprint density at radius 1 is 1.07 bits per heavy atom. The standard InChI is InChI=1S/C23H29NO3/c1-16-5-8-20(9-6-16)18(3)24-15-22(27-23(24)25)12-7-17(2)19-10-13-21(26-4)14-11-19/h5-6,8-11,13-14,17-18,22H,7,12,15H2,1-4H3/t17-,18+,22-/m1/s1. The van der Waals surface area contributed by atoms with Crippen molar-refractivity contribution in [2.75, 3.05) is 13.7 Å². The number of cyclic esters (lactones) is 1. The highest BCUT2D eigenvalue weighted by atomic mass is 16.6. The average Bonchev–Trinajstić information content (AvgIpc) is 3.07. The average molecular weight is 367 g/mol. The molecule has 0 N–H and O–H groups in total. The number of rotatable bonds is 7. The molecule has 0 aromatic heterocycles. The second-order valence-electron chi connectivity index (χ2n) is 7.50. The second-order valence-corrected chi connectivity index (χ2v) is 7.50. The molecule has 1 aliphatic rings. The Hall–Kier alpha value is -2.49. The van der Waals surface area contributed by atoms with E-state index in [0.717, 1.165) is 24.2 Å². The topological polar surface area (TPSA) is 38.8 Å². The first kappa shape index (κ1) is 19.3. The molecule has 0 aliphatic carbocycles. The zero-order chi connectivity index (χ0) is 19.4. The van der Waals surface area contributed by atoms with Crippen LogP contribution in [0.5, 0.6) is 5.75 Å². The minimum absolute atomic E-state index is 0.0297. The molecule has 0 unspecified atom stereocenters. The number of methoxy groups -OCH3 is 1. The summed E-state index contributed by atoms with van der Waals surface area (Å²) < 4.78 is 10.8. The summed E-state index contributed by atoms with van der Waals surface area (Å²) in [6, 6.07) is 16.6. The predicted octanol–water partition coefficient (Wildman–Crippen LogP) is 5.47. The highest BCUT2D eigenvalue weighted by Crippen LogP contribution is 2.30. The molecule has 1 fully saturated rings. The van der Waals surface area contributed by atoms with Crippen molar-refractivity contribution < 1.29 is 14.3 Å². The fourth-order valence-electron chi connectivity index (χ4n) is 3.57. The lowest BCUT2D eigenvalue weighted by Gasteiger charge is -2.22. The van der Waals surface area contributed by atoms with Crippen molar-refractivity contribution in [1.29, 1.82) is 0 Å². The number of benzene rings is 2. The number of hydrogen-bond donors (Lipinski definition) is 0. The summed E-state index contributed by atoms with van der Waals surface area (Å²) in [5, 5.41) is 0. The molecule has 3 rings (SSSR count). The molecule has 4 nitrogen and oxygen atoms in total. The van der Waals surface area contributed by atoms with E-state index in [1.54, 1.807) is 7.11 Å². The van der Waals surface area contributed by atoms with Crippen molar-refractivity contribution in [3.63, 3.8) is 0 Å². The Morgan fingerprint density at radius 3 is 2.33 bits per heavy atom. The van der Waals surface area contributed by atoms with Gasteiger partial charge in [0.2, 0.25) is 0 Å². The maximum Gasteiger partial charge on any atom is 0.410 e. The Balaban J connectivity index is 1.54. The maximum absolute atomic E-state index is 12.3. The largest absolute Gasteiger partial charge is 0.497 e. The number of amides is 1. The van der Waals surface area contributed by atoms with Crippen LogP contribution in [0.2, 0.25) is 0 Å². The van der Waals surface area contributed by atoms with Crippen LogP contribution in [0.1, 0.15) is 55.3 Å². The minimum atomic E-state index is -0.204. The highest BCUT2D eigenvalue weighted by Gasteiger charge is 2.34. The quantitative estimate of drug-likeness (QED) is 0.651. The molecular formula is C23H29NO3. The molecule has 4 heteroatoms. The van der Waals surface area contributed by atoms with E-state index in [0.29, 0.717) is 12.5 Å². The summed E-state index contributed by atoms with van der Waals surface area (Å²) in [6.07, 6.45) is 1.61. The molecule has 0 radical (unpaired) electrons. The lowest BCUT2D eigenvalue weighted by molar-refractivity contribution is 0.124. The van der Waals surface area contributed by atoms with E-state index in [-0.39, 0.29) is 18.2 Å². The van der Waals surface area contributed by atoms with Crippen molar-refractivity contribution in [3.8, 4) is 5.75 Å². The third-order valence-electron chi connectivity index (χ3n) is 5.54. The number of aryl methyl sites for hydroxylation is 1. The van der Waals surface area contributed by atoms with Gasteiger partial charge in [-0.05, 0) is 55.9 Å². The van der Waals surface area contributed by atoms with E-state index in [1.807, 2.05) is 17.0 Å². The van der Waals surface area contributed by atoms with Gasteiger partial charge in [0, 0.05) is 0 Å².